The molecule has 0 aliphatic rings. The fraction of sp³-hybridized carbons (Fsp3) is 0.462. The summed E-state index contributed by atoms with van der Waals surface area (Å²) in [6, 6.07) is 6.13. The molecular weight excluding hydrogens is 246 g/mol. The number of carbonyl (C=O) groups is 1. The molecule has 0 fully saturated rings. The zero-order valence-electron chi connectivity index (χ0n) is 11.1. The molecule has 0 aliphatic carbocycles. The number of carbonyl (C=O) groups excluding carboxylic acids is 1. The van der Waals surface area contributed by atoms with Gasteiger partial charge in [0.05, 0.1) is 11.3 Å². The summed E-state index contributed by atoms with van der Waals surface area (Å²) in [5.74, 6) is -0.0295. The third-order valence-electron chi connectivity index (χ3n) is 2.94. The second kappa shape index (κ2) is 6.84. The fourth-order valence-corrected chi connectivity index (χ4v) is 1.77. The van der Waals surface area contributed by atoms with Crippen LogP contribution in [0.5, 0.6) is 0 Å². The van der Waals surface area contributed by atoms with Crippen molar-refractivity contribution in [2.45, 2.75) is 26.3 Å². The molecule has 0 aromatic heterocycles. The summed E-state index contributed by atoms with van der Waals surface area (Å²) in [5.41, 5.74) is 5.94. The molecule has 1 aromatic carbocycles. The highest BCUT2D eigenvalue weighted by Gasteiger charge is 2.18. The molecule has 0 saturated carbocycles. The van der Waals surface area contributed by atoms with Crippen LogP contribution in [0, 0.1) is 16.0 Å². The summed E-state index contributed by atoms with van der Waals surface area (Å²) in [5, 5.41) is 13.6. The van der Waals surface area contributed by atoms with Gasteiger partial charge in [0.1, 0.15) is 0 Å². The molecule has 104 valence electrons. The first-order valence-corrected chi connectivity index (χ1v) is 6.17. The maximum atomic E-state index is 11.9. The maximum absolute atomic E-state index is 11.9. The van der Waals surface area contributed by atoms with E-state index in [0.29, 0.717) is 12.1 Å². The molecule has 1 unspecified atom stereocenters. The first-order chi connectivity index (χ1) is 8.95. The summed E-state index contributed by atoms with van der Waals surface area (Å²) >= 11 is 0. The van der Waals surface area contributed by atoms with Crippen LogP contribution < -0.4 is 11.1 Å². The Bertz CT molecular complexity index is 460. The van der Waals surface area contributed by atoms with E-state index in [1.165, 1.54) is 6.07 Å². The van der Waals surface area contributed by atoms with E-state index in [1.807, 2.05) is 13.8 Å². The minimum absolute atomic E-state index is 0.0135. The molecule has 19 heavy (non-hydrogen) atoms. The summed E-state index contributed by atoms with van der Waals surface area (Å²) in [6.07, 6.45) is -0.0135. The van der Waals surface area contributed by atoms with Crippen molar-refractivity contribution < 1.29 is 9.72 Å². The Balaban J connectivity index is 2.75. The number of nitrogens with one attached hydrogen (secondary N) is 1. The normalized spacial score (nSPS) is 12.2. The van der Waals surface area contributed by atoms with E-state index in [0.717, 1.165) is 0 Å². The number of nitrogens with two attached hydrogens (primary N) is 1. The van der Waals surface area contributed by atoms with Gasteiger partial charge in [0.25, 0.3) is 5.69 Å². The largest absolute Gasteiger partial charge is 0.352 e. The summed E-state index contributed by atoms with van der Waals surface area (Å²) in [4.78, 5) is 22.2. The smallest absolute Gasteiger partial charge is 0.273 e. The summed E-state index contributed by atoms with van der Waals surface area (Å²) in [7, 11) is 0. The predicted molar refractivity (Wildman–Crippen MR) is 72.6 cm³/mol. The Morgan fingerprint density at radius 2 is 2.05 bits per heavy atom. The SMILES string of the molecule is CC(C)C(CN)NC(=O)Cc1ccccc1[N+](=O)[O-]. The molecule has 1 aromatic rings. The number of nitro benzene ring substituents is 1. The van der Waals surface area contributed by atoms with Crippen LogP contribution in [-0.2, 0) is 11.2 Å². The number of benzene rings is 1. The molecule has 0 heterocycles. The van der Waals surface area contributed by atoms with Gasteiger partial charge in [-0.3, -0.25) is 14.9 Å². The minimum atomic E-state index is -0.481. The van der Waals surface area contributed by atoms with E-state index in [2.05, 4.69) is 5.32 Å². The Morgan fingerprint density at radius 3 is 2.58 bits per heavy atom. The second-order valence-corrected chi connectivity index (χ2v) is 4.72. The molecule has 1 amide bonds. The lowest BCUT2D eigenvalue weighted by atomic mass is 10.0. The number of para-hydroxylation sites is 1. The molecule has 0 saturated heterocycles. The molecule has 1 atom stereocenters. The van der Waals surface area contributed by atoms with Gasteiger partial charge in [0.15, 0.2) is 0 Å². The van der Waals surface area contributed by atoms with Gasteiger partial charge in [0.2, 0.25) is 5.91 Å². The maximum Gasteiger partial charge on any atom is 0.273 e. The average Bonchev–Trinajstić information content (AvgIpc) is 2.35. The zero-order chi connectivity index (χ0) is 14.4. The van der Waals surface area contributed by atoms with Crippen LogP contribution in [0.4, 0.5) is 5.69 Å². The van der Waals surface area contributed by atoms with Gasteiger partial charge in [0, 0.05) is 24.2 Å². The zero-order valence-corrected chi connectivity index (χ0v) is 11.1. The van der Waals surface area contributed by atoms with Gasteiger partial charge >= 0.3 is 0 Å². The summed E-state index contributed by atoms with van der Waals surface area (Å²) in [6.45, 7) is 4.27. The monoisotopic (exact) mass is 265 g/mol. The van der Waals surface area contributed by atoms with Gasteiger partial charge < -0.3 is 11.1 Å². The predicted octanol–water partition coefficient (Wildman–Crippen LogP) is 1.24. The standard InChI is InChI=1S/C13H19N3O3/c1-9(2)11(8-14)15-13(17)7-10-5-3-4-6-12(10)16(18)19/h3-6,9,11H,7-8,14H2,1-2H3,(H,15,17). The molecule has 0 radical (unpaired) electrons. The average molecular weight is 265 g/mol. The lowest BCUT2D eigenvalue weighted by Gasteiger charge is -2.20. The van der Waals surface area contributed by atoms with E-state index < -0.39 is 4.92 Å². The fourth-order valence-electron chi connectivity index (χ4n) is 1.77. The van der Waals surface area contributed by atoms with Gasteiger partial charge in [-0.05, 0) is 5.92 Å². The minimum Gasteiger partial charge on any atom is -0.352 e. The lowest BCUT2D eigenvalue weighted by Crippen LogP contribution is -2.44. The highest BCUT2D eigenvalue weighted by molar-refractivity contribution is 5.80. The molecule has 0 spiro atoms. The second-order valence-electron chi connectivity index (χ2n) is 4.72. The van der Waals surface area contributed by atoms with Crippen molar-refractivity contribution in [3.63, 3.8) is 0 Å². The van der Waals surface area contributed by atoms with Gasteiger partial charge in [-0.2, -0.15) is 0 Å². The third kappa shape index (κ3) is 4.33. The van der Waals surface area contributed by atoms with Crippen LogP contribution in [-0.4, -0.2) is 23.4 Å². The molecule has 6 heteroatoms. The number of nitrogens with zero attached hydrogens (tertiary/aromatic N) is 1. The number of nitro groups is 1. The van der Waals surface area contributed by atoms with Crippen LogP contribution >= 0.6 is 0 Å². The first kappa shape index (κ1) is 15.1. The number of hydrogen-bond donors (Lipinski definition) is 2. The third-order valence-corrected chi connectivity index (χ3v) is 2.94. The van der Waals surface area contributed by atoms with Crippen LogP contribution in [0.3, 0.4) is 0 Å². The van der Waals surface area contributed by atoms with Crippen molar-refractivity contribution in [2.24, 2.45) is 11.7 Å². The molecule has 1 rings (SSSR count). The molecule has 6 nitrogen and oxygen atoms in total. The van der Waals surface area contributed by atoms with Gasteiger partial charge in [-0.25, -0.2) is 0 Å². The molecule has 3 N–H and O–H groups in total. The van der Waals surface area contributed by atoms with Crippen LogP contribution in [0.15, 0.2) is 24.3 Å². The summed E-state index contributed by atoms with van der Waals surface area (Å²) < 4.78 is 0. The topological polar surface area (TPSA) is 98.3 Å². The van der Waals surface area contributed by atoms with Crippen molar-refractivity contribution >= 4 is 11.6 Å². The van der Waals surface area contributed by atoms with Crippen LogP contribution in [0.2, 0.25) is 0 Å². The van der Waals surface area contributed by atoms with E-state index in [9.17, 15) is 14.9 Å². The Hall–Kier alpha value is -1.95. The van der Waals surface area contributed by atoms with E-state index >= 15 is 0 Å². The number of hydrogen-bond acceptors (Lipinski definition) is 4. The van der Waals surface area contributed by atoms with Gasteiger partial charge in [-0.15, -0.1) is 0 Å². The van der Waals surface area contributed by atoms with Crippen molar-refractivity contribution in [3.8, 4) is 0 Å². The van der Waals surface area contributed by atoms with Crippen molar-refractivity contribution in [3.05, 3.63) is 39.9 Å². The van der Waals surface area contributed by atoms with Crippen LogP contribution in [0.25, 0.3) is 0 Å². The quantitative estimate of drug-likeness (QED) is 0.597. The highest BCUT2D eigenvalue weighted by Crippen LogP contribution is 2.18. The molecule has 0 aliphatic heterocycles. The molecular formula is C13H19N3O3. The van der Waals surface area contributed by atoms with E-state index in [-0.39, 0.29) is 30.0 Å². The number of rotatable bonds is 6. The Morgan fingerprint density at radius 1 is 1.42 bits per heavy atom. The van der Waals surface area contributed by atoms with Crippen molar-refractivity contribution in [1.82, 2.24) is 5.32 Å². The molecule has 0 bridgehead atoms. The van der Waals surface area contributed by atoms with Gasteiger partial charge in [-0.1, -0.05) is 32.0 Å². The number of amides is 1. The van der Waals surface area contributed by atoms with Crippen molar-refractivity contribution in [2.75, 3.05) is 6.54 Å². The van der Waals surface area contributed by atoms with E-state index in [4.69, 9.17) is 5.73 Å². The van der Waals surface area contributed by atoms with Crippen molar-refractivity contribution in [1.29, 1.82) is 0 Å². The first-order valence-electron chi connectivity index (χ1n) is 6.17. The van der Waals surface area contributed by atoms with Crippen LogP contribution in [0.1, 0.15) is 19.4 Å². The lowest BCUT2D eigenvalue weighted by molar-refractivity contribution is -0.385. The Kier molecular flexibility index (Phi) is 5.44. The Labute approximate surface area is 112 Å². The highest BCUT2D eigenvalue weighted by atomic mass is 16.6. The van der Waals surface area contributed by atoms with E-state index in [1.54, 1.807) is 18.2 Å².